The van der Waals surface area contributed by atoms with E-state index in [1.807, 2.05) is 13.8 Å². The standard InChI is InChI=1S/C23H29FN2O3/c1-6-26(7-2,8-3)15-21(27)25-22-16(4)13-20(14-17(22)5)29-23(28)18-9-11-19(24)12-10-18/h9-14H,6-8,15H2,1-5H3/p+1. The SMILES string of the molecule is CC[N+](CC)(CC)CC(=O)Nc1c(C)cc(OC(=O)c2ccc(F)cc2)cc1C. The van der Waals surface area contributed by atoms with Crippen LogP contribution in [-0.2, 0) is 4.79 Å². The third-order valence-electron chi connectivity index (χ3n) is 5.55. The number of esters is 1. The summed E-state index contributed by atoms with van der Waals surface area (Å²) >= 11 is 0. The highest BCUT2D eigenvalue weighted by Gasteiger charge is 2.25. The lowest BCUT2D eigenvalue weighted by Gasteiger charge is -2.35. The Kier molecular flexibility index (Phi) is 7.51. The summed E-state index contributed by atoms with van der Waals surface area (Å²) < 4.78 is 19.2. The Bertz CT molecular complexity index is 843. The number of hydrogen-bond acceptors (Lipinski definition) is 3. The quantitative estimate of drug-likeness (QED) is 0.403. The molecule has 0 atom stereocenters. The van der Waals surface area contributed by atoms with Gasteiger partial charge in [0.15, 0.2) is 6.54 Å². The second kappa shape index (κ2) is 9.65. The molecule has 2 aromatic rings. The van der Waals surface area contributed by atoms with Crippen molar-refractivity contribution in [3.63, 3.8) is 0 Å². The number of nitrogens with zero attached hydrogens (tertiary/aromatic N) is 1. The van der Waals surface area contributed by atoms with Gasteiger partial charge in [0.25, 0.3) is 5.91 Å². The number of anilines is 1. The van der Waals surface area contributed by atoms with Crippen LogP contribution in [0.4, 0.5) is 10.1 Å². The summed E-state index contributed by atoms with van der Waals surface area (Å²) in [5, 5.41) is 3.02. The van der Waals surface area contributed by atoms with Gasteiger partial charge in [0, 0.05) is 5.69 Å². The number of rotatable bonds is 8. The van der Waals surface area contributed by atoms with Gasteiger partial charge in [-0.1, -0.05) is 0 Å². The molecule has 1 amide bonds. The van der Waals surface area contributed by atoms with Gasteiger partial charge in [-0.15, -0.1) is 0 Å². The van der Waals surface area contributed by atoms with Crippen molar-refractivity contribution in [3.8, 4) is 5.75 Å². The van der Waals surface area contributed by atoms with Gasteiger partial charge in [0.1, 0.15) is 11.6 Å². The minimum Gasteiger partial charge on any atom is -0.423 e. The lowest BCUT2D eigenvalue weighted by Crippen LogP contribution is -2.52. The molecule has 0 unspecified atom stereocenters. The molecule has 0 spiro atoms. The van der Waals surface area contributed by atoms with Gasteiger partial charge in [-0.3, -0.25) is 4.79 Å². The van der Waals surface area contributed by atoms with Gasteiger partial charge < -0.3 is 14.5 Å². The first-order valence-corrected chi connectivity index (χ1v) is 9.97. The maximum Gasteiger partial charge on any atom is 0.343 e. The van der Waals surface area contributed by atoms with E-state index in [-0.39, 0.29) is 11.5 Å². The molecule has 156 valence electrons. The molecule has 0 saturated carbocycles. The predicted octanol–water partition coefficient (Wildman–Crippen LogP) is 4.48. The first kappa shape index (κ1) is 22.6. The van der Waals surface area contributed by atoms with E-state index in [0.717, 1.165) is 40.9 Å². The Balaban J connectivity index is 2.13. The number of halogens is 1. The third kappa shape index (κ3) is 5.64. The van der Waals surface area contributed by atoms with Crippen LogP contribution >= 0.6 is 0 Å². The Morgan fingerprint density at radius 2 is 1.48 bits per heavy atom. The highest BCUT2D eigenvalue weighted by Crippen LogP contribution is 2.27. The average Bonchev–Trinajstić information content (AvgIpc) is 2.69. The van der Waals surface area contributed by atoms with E-state index in [2.05, 4.69) is 26.1 Å². The zero-order valence-electron chi connectivity index (χ0n) is 17.8. The number of quaternary nitrogens is 1. The maximum absolute atomic E-state index is 13.0. The summed E-state index contributed by atoms with van der Waals surface area (Å²) in [6.45, 7) is 13.1. The molecule has 0 radical (unpaired) electrons. The van der Waals surface area contributed by atoms with Crippen LogP contribution in [0.25, 0.3) is 0 Å². The number of benzene rings is 2. The molecule has 2 aromatic carbocycles. The Hall–Kier alpha value is -2.73. The summed E-state index contributed by atoms with van der Waals surface area (Å²) in [6, 6.07) is 8.62. The van der Waals surface area contributed by atoms with Gasteiger partial charge >= 0.3 is 5.97 Å². The summed E-state index contributed by atoms with van der Waals surface area (Å²) in [6.07, 6.45) is 0. The van der Waals surface area contributed by atoms with Gasteiger partial charge in [0.05, 0.1) is 25.2 Å². The number of nitrogens with one attached hydrogen (secondary N) is 1. The Morgan fingerprint density at radius 1 is 0.966 bits per heavy atom. The van der Waals surface area contributed by atoms with E-state index in [1.165, 1.54) is 24.3 Å². The molecule has 5 nitrogen and oxygen atoms in total. The number of hydrogen-bond donors (Lipinski definition) is 1. The van der Waals surface area contributed by atoms with Crippen LogP contribution < -0.4 is 10.1 Å². The van der Waals surface area contributed by atoms with Crippen LogP contribution in [0, 0.1) is 19.7 Å². The summed E-state index contributed by atoms with van der Waals surface area (Å²) in [5.74, 6) is -0.618. The third-order valence-corrected chi connectivity index (χ3v) is 5.55. The van der Waals surface area contributed by atoms with Crippen molar-refractivity contribution in [1.82, 2.24) is 0 Å². The molecular weight excluding hydrogens is 371 g/mol. The zero-order valence-corrected chi connectivity index (χ0v) is 17.8. The van der Waals surface area contributed by atoms with Gasteiger partial charge in [-0.2, -0.15) is 0 Å². The minimum absolute atomic E-state index is 0.0298. The molecule has 0 aliphatic carbocycles. The monoisotopic (exact) mass is 401 g/mol. The van der Waals surface area contributed by atoms with Crippen LogP contribution in [0.5, 0.6) is 5.75 Å². The molecule has 0 aliphatic heterocycles. The second-order valence-electron chi connectivity index (χ2n) is 7.33. The first-order valence-electron chi connectivity index (χ1n) is 9.97. The Labute approximate surface area is 172 Å². The van der Waals surface area contributed by atoms with Crippen molar-refractivity contribution in [1.29, 1.82) is 0 Å². The highest BCUT2D eigenvalue weighted by atomic mass is 19.1. The van der Waals surface area contributed by atoms with E-state index in [1.54, 1.807) is 12.1 Å². The smallest absolute Gasteiger partial charge is 0.343 e. The number of ether oxygens (including phenoxy) is 1. The molecule has 0 heterocycles. The van der Waals surface area contributed by atoms with E-state index >= 15 is 0 Å². The molecule has 0 fully saturated rings. The number of aryl methyl sites for hydroxylation is 2. The van der Waals surface area contributed by atoms with Crippen molar-refractivity contribution in [2.24, 2.45) is 0 Å². The zero-order chi connectivity index (χ0) is 21.6. The first-order chi connectivity index (χ1) is 13.7. The van der Waals surface area contributed by atoms with E-state index in [9.17, 15) is 14.0 Å². The fourth-order valence-corrected chi connectivity index (χ4v) is 3.42. The summed E-state index contributed by atoms with van der Waals surface area (Å²) in [4.78, 5) is 24.9. The molecule has 0 bridgehead atoms. The Morgan fingerprint density at radius 3 is 1.97 bits per heavy atom. The molecule has 0 aliphatic rings. The summed E-state index contributed by atoms with van der Waals surface area (Å²) in [5.41, 5.74) is 2.62. The van der Waals surface area contributed by atoms with Crippen LogP contribution in [0.15, 0.2) is 36.4 Å². The van der Waals surface area contributed by atoms with Gasteiger partial charge in [-0.05, 0) is 82.1 Å². The maximum atomic E-state index is 13.0. The second-order valence-corrected chi connectivity index (χ2v) is 7.33. The summed E-state index contributed by atoms with van der Waals surface area (Å²) in [7, 11) is 0. The average molecular weight is 402 g/mol. The highest BCUT2D eigenvalue weighted by molar-refractivity contribution is 5.94. The van der Waals surface area contributed by atoms with Crippen molar-refractivity contribution >= 4 is 17.6 Å². The molecule has 2 rings (SSSR count). The molecule has 6 heteroatoms. The number of amides is 1. The largest absolute Gasteiger partial charge is 0.423 e. The minimum atomic E-state index is -0.559. The fourth-order valence-electron chi connectivity index (χ4n) is 3.42. The lowest BCUT2D eigenvalue weighted by atomic mass is 10.1. The van der Waals surface area contributed by atoms with Crippen molar-refractivity contribution in [3.05, 3.63) is 58.9 Å². The lowest BCUT2D eigenvalue weighted by molar-refractivity contribution is -0.915. The fraction of sp³-hybridized carbons (Fsp3) is 0.391. The molecular formula is C23H30FN2O3+. The van der Waals surface area contributed by atoms with Crippen LogP contribution in [-0.4, -0.2) is 42.5 Å². The molecule has 0 aromatic heterocycles. The van der Waals surface area contributed by atoms with E-state index in [4.69, 9.17) is 4.74 Å². The van der Waals surface area contributed by atoms with Crippen LogP contribution in [0.2, 0.25) is 0 Å². The molecule has 29 heavy (non-hydrogen) atoms. The van der Waals surface area contributed by atoms with Crippen LogP contribution in [0.3, 0.4) is 0 Å². The predicted molar refractivity (Wildman–Crippen MR) is 113 cm³/mol. The van der Waals surface area contributed by atoms with E-state index < -0.39 is 11.8 Å². The molecule has 1 N–H and O–H groups in total. The van der Waals surface area contributed by atoms with Gasteiger partial charge in [0.2, 0.25) is 0 Å². The van der Waals surface area contributed by atoms with Crippen molar-refractivity contribution < 1.29 is 23.2 Å². The molecule has 0 saturated heterocycles. The normalized spacial score (nSPS) is 11.2. The number of carbonyl (C=O) groups excluding carboxylic acids is 2. The number of likely N-dealkylation sites (N-methyl/N-ethyl adjacent to an activating group) is 1. The van der Waals surface area contributed by atoms with E-state index in [0.29, 0.717) is 12.3 Å². The topological polar surface area (TPSA) is 55.4 Å². The van der Waals surface area contributed by atoms with Crippen molar-refractivity contribution in [2.45, 2.75) is 34.6 Å². The van der Waals surface area contributed by atoms with Gasteiger partial charge in [-0.25, -0.2) is 9.18 Å². The van der Waals surface area contributed by atoms with Crippen LogP contribution in [0.1, 0.15) is 42.3 Å². The van der Waals surface area contributed by atoms with Crippen molar-refractivity contribution in [2.75, 3.05) is 31.5 Å². The number of carbonyl (C=O) groups is 2.